The van der Waals surface area contributed by atoms with Gasteiger partial charge in [-0.05, 0) is 43.3 Å². The summed E-state index contributed by atoms with van der Waals surface area (Å²) in [6.45, 7) is 9.13. The van der Waals surface area contributed by atoms with Crippen molar-refractivity contribution in [1.82, 2.24) is 14.5 Å². The van der Waals surface area contributed by atoms with Crippen molar-refractivity contribution in [2.45, 2.75) is 6.92 Å². The summed E-state index contributed by atoms with van der Waals surface area (Å²) in [5, 5.41) is 0. The molecule has 0 amide bonds. The molecule has 1 saturated heterocycles. The Labute approximate surface area is 179 Å². The van der Waals surface area contributed by atoms with E-state index >= 15 is 0 Å². The molecule has 0 saturated carbocycles. The van der Waals surface area contributed by atoms with Gasteiger partial charge in [-0.15, -0.1) is 0 Å². The van der Waals surface area contributed by atoms with E-state index in [9.17, 15) is 0 Å². The number of halogens is 1. The highest BCUT2D eigenvalue weighted by molar-refractivity contribution is 9.10. The van der Waals surface area contributed by atoms with Gasteiger partial charge in [0.05, 0.1) is 24.6 Å². The Balaban J connectivity index is 1.80. The number of allylic oxidation sites excluding steroid dienone is 1. The van der Waals surface area contributed by atoms with E-state index in [1.54, 1.807) is 0 Å². The third kappa shape index (κ3) is 4.04. The van der Waals surface area contributed by atoms with Crippen molar-refractivity contribution < 1.29 is 4.74 Å². The van der Waals surface area contributed by atoms with Crippen LogP contribution in [-0.4, -0.2) is 40.8 Å². The number of morpholine rings is 1. The third-order valence-corrected chi connectivity index (χ3v) is 5.45. The maximum absolute atomic E-state index is 5.42. The number of anilines is 1. The van der Waals surface area contributed by atoms with Crippen LogP contribution in [0.3, 0.4) is 0 Å². The molecule has 0 aliphatic carbocycles. The molecule has 1 aromatic carbocycles. The Bertz CT molecular complexity index is 1020. The summed E-state index contributed by atoms with van der Waals surface area (Å²) in [6.07, 6.45) is 9.82. The van der Waals surface area contributed by atoms with Crippen LogP contribution >= 0.6 is 15.9 Å². The SMILES string of the molecule is C=Cc1c(/C=C\C)cc(-c2cnc(N3CCOCC3)nc2)n1-c1ccc(Br)cc1. The van der Waals surface area contributed by atoms with Gasteiger partial charge >= 0.3 is 0 Å². The first kappa shape index (κ1) is 19.6. The minimum absolute atomic E-state index is 0.715. The van der Waals surface area contributed by atoms with E-state index < -0.39 is 0 Å². The van der Waals surface area contributed by atoms with Gasteiger partial charge in [-0.2, -0.15) is 0 Å². The van der Waals surface area contributed by atoms with Crippen molar-refractivity contribution in [2.24, 2.45) is 0 Å². The number of hydrogen-bond acceptors (Lipinski definition) is 4. The van der Waals surface area contributed by atoms with Crippen molar-refractivity contribution in [3.05, 3.63) is 71.1 Å². The Morgan fingerprint density at radius 3 is 2.41 bits per heavy atom. The van der Waals surface area contributed by atoms with E-state index in [2.05, 4.69) is 66.2 Å². The molecule has 0 unspecified atom stereocenters. The first-order chi connectivity index (χ1) is 14.2. The fraction of sp³-hybridized carbons (Fsp3) is 0.217. The first-order valence-electron chi connectivity index (χ1n) is 9.63. The van der Waals surface area contributed by atoms with Crippen molar-refractivity contribution >= 4 is 34.0 Å². The molecule has 148 valence electrons. The first-order valence-corrected chi connectivity index (χ1v) is 10.4. The van der Waals surface area contributed by atoms with Gasteiger partial charge in [0.2, 0.25) is 5.95 Å². The molecular weight excluding hydrogens is 428 g/mol. The lowest BCUT2D eigenvalue weighted by molar-refractivity contribution is 0.122. The molecule has 6 heteroatoms. The second kappa shape index (κ2) is 8.76. The van der Waals surface area contributed by atoms with Crippen LogP contribution < -0.4 is 4.90 Å². The van der Waals surface area contributed by atoms with Crippen molar-refractivity contribution in [1.29, 1.82) is 0 Å². The number of rotatable bonds is 5. The lowest BCUT2D eigenvalue weighted by atomic mass is 10.2. The van der Waals surface area contributed by atoms with Crippen LogP contribution in [0.2, 0.25) is 0 Å². The van der Waals surface area contributed by atoms with E-state index in [1.165, 1.54) is 0 Å². The molecule has 2 aromatic heterocycles. The molecule has 3 heterocycles. The minimum atomic E-state index is 0.715. The number of ether oxygens (including phenoxy) is 1. The lowest BCUT2D eigenvalue weighted by Gasteiger charge is -2.26. The maximum Gasteiger partial charge on any atom is 0.225 e. The molecule has 1 fully saturated rings. The van der Waals surface area contributed by atoms with Gasteiger partial charge in [0, 0.05) is 46.8 Å². The highest BCUT2D eigenvalue weighted by Gasteiger charge is 2.17. The van der Waals surface area contributed by atoms with Gasteiger partial charge < -0.3 is 14.2 Å². The zero-order chi connectivity index (χ0) is 20.2. The highest BCUT2D eigenvalue weighted by atomic mass is 79.9. The predicted octanol–water partition coefficient (Wildman–Crippen LogP) is 5.21. The number of benzene rings is 1. The smallest absolute Gasteiger partial charge is 0.225 e. The summed E-state index contributed by atoms with van der Waals surface area (Å²) in [5.41, 5.74) is 5.20. The largest absolute Gasteiger partial charge is 0.378 e. The van der Waals surface area contributed by atoms with Crippen LogP contribution in [0.15, 0.2) is 59.9 Å². The molecule has 0 atom stereocenters. The van der Waals surface area contributed by atoms with Gasteiger partial charge in [0.1, 0.15) is 0 Å². The number of aromatic nitrogens is 3. The predicted molar refractivity (Wildman–Crippen MR) is 122 cm³/mol. The fourth-order valence-electron chi connectivity index (χ4n) is 3.53. The Kier molecular flexibility index (Phi) is 5.92. The molecule has 29 heavy (non-hydrogen) atoms. The third-order valence-electron chi connectivity index (χ3n) is 4.92. The van der Waals surface area contributed by atoms with E-state index in [-0.39, 0.29) is 0 Å². The van der Waals surface area contributed by atoms with Crippen LogP contribution in [0, 0.1) is 0 Å². The summed E-state index contributed by atoms with van der Waals surface area (Å²) >= 11 is 3.52. The van der Waals surface area contributed by atoms with Gasteiger partial charge in [0.25, 0.3) is 0 Å². The normalized spacial score (nSPS) is 14.5. The number of hydrogen-bond donors (Lipinski definition) is 0. The molecule has 0 N–H and O–H groups in total. The highest BCUT2D eigenvalue weighted by Crippen LogP contribution is 2.31. The quantitative estimate of drug-likeness (QED) is 0.534. The zero-order valence-corrected chi connectivity index (χ0v) is 18.0. The zero-order valence-electron chi connectivity index (χ0n) is 16.4. The second-order valence-corrected chi connectivity index (χ2v) is 7.67. The molecule has 0 spiro atoms. The van der Waals surface area contributed by atoms with Gasteiger partial charge in [-0.25, -0.2) is 9.97 Å². The van der Waals surface area contributed by atoms with E-state index in [1.807, 2.05) is 43.6 Å². The van der Waals surface area contributed by atoms with E-state index in [0.717, 1.165) is 51.7 Å². The average molecular weight is 451 g/mol. The summed E-state index contributed by atoms with van der Waals surface area (Å²) in [4.78, 5) is 11.4. The Morgan fingerprint density at radius 1 is 1.10 bits per heavy atom. The van der Waals surface area contributed by atoms with Crippen molar-refractivity contribution in [3.63, 3.8) is 0 Å². The molecule has 0 radical (unpaired) electrons. The lowest BCUT2D eigenvalue weighted by Crippen LogP contribution is -2.37. The topological polar surface area (TPSA) is 43.2 Å². The molecule has 1 aliphatic rings. The summed E-state index contributed by atoms with van der Waals surface area (Å²) in [5.74, 6) is 0.747. The Morgan fingerprint density at radius 2 is 1.79 bits per heavy atom. The second-order valence-electron chi connectivity index (χ2n) is 6.76. The summed E-state index contributed by atoms with van der Waals surface area (Å²) in [6, 6.07) is 10.4. The van der Waals surface area contributed by atoms with Crippen LogP contribution in [0.1, 0.15) is 18.2 Å². The monoisotopic (exact) mass is 450 g/mol. The van der Waals surface area contributed by atoms with E-state index in [0.29, 0.717) is 13.2 Å². The molecule has 4 rings (SSSR count). The molecule has 0 bridgehead atoms. The number of nitrogens with zero attached hydrogens (tertiary/aromatic N) is 4. The van der Waals surface area contributed by atoms with Gasteiger partial charge in [0.15, 0.2) is 0 Å². The fourth-order valence-corrected chi connectivity index (χ4v) is 3.79. The summed E-state index contributed by atoms with van der Waals surface area (Å²) in [7, 11) is 0. The van der Waals surface area contributed by atoms with Gasteiger partial charge in [-0.3, -0.25) is 0 Å². The summed E-state index contributed by atoms with van der Waals surface area (Å²) < 4.78 is 8.66. The van der Waals surface area contributed by atoms with Crippen LogP contribution in [0.5, 0.6) is 0 Å². The molecule has 3 aromatic rings. The van der Waals surface area contributed by atoms with Crippen LogP contribution in [-0.2, 0) is 4.74 Å². The molecule has 5 nitrogen and oxygen atoms in total. The average Bonchev–Trinajstić information content (AvgIpc) is 3.13. The van der Waals surface area contributed by atoms with E-state index in [4.69, 9.17) is 4.74 Å². The van der Waals surface area contributed by atoms with Crippen LogP contribution in [0.4, 0.5) is 5.95 Å². The Hall–Kier alpha value is -2.70. The van der Waals surface area contributed by atoms with Gasteiger partial charge in [-0.1, -0.05) is 34.7 Å². The van der Waals surface area contributed by atoms with Crippen molar-refractivity contribution in [2.75, 3.05) is 31.2 Å². The maximum atomic E-state index is 5.42. The van der Waals surface area contributed by atoms with Crippen LogP contribution in [0.25, 0.3) is 29.1 Å². The minimum Gasteiger partial charge on any atom is -0.378 e. The molecule has 1 aliphatic heterocycles. The standard InChI is InChI=1S/C23H23BrN4O/c1-3-5-17-14-22(28(21(17)4-2)20-8-6-19(24)7-9-20)18-15-25-23(26-16-18)27-10-12-29-13-11-27/h3-9,14-16H,2,10-13H2,1H3/b5-3-. The van der Waals surface area contributed by atoms with Crippen molar-refractivity contribution in [3.8, 4) is 16.9 Å². The molecular formula is C23H23BrN4O.